The summed E-state index contributed by atoms with van der Waals surface area (Å²) < 4.78 is 6.73. The molecule has 0 aliphatic carbocycles. The van der Waals surface area contributed by atoms with Crippen molar-refractivity contribution in [3.05, 3.63) is 97.9 Å². The summed E-state index contributed by atoms with van der Waals surface area (Å²) in [6.07, 6.45) is 0.344. The lowest BCUT2D eigenvalue weighted by Crippen LogP contribution is -2.52. The second-order valence-electron chi connectivity index (χ2n) is 10.8. The quantitative estimate of drug-likeness (QED) is 0.250. The molecule has 0 unspecified atom stereocenters. The van der Waals surface area contributed by atoms with Crippen molar-refractivity contribution in [2.75, 3.05) is 6.61 Å². The number of nitrogens with zero attached hydrogens (tertiary/aromatic N) is 1. The summed E-state index contributed by atoms with van der Waals surface area (Å²) in [7, 11) is 0. The molecule has 5 nitrogen and oxygen atoms in total. The summed E-state index contributed by atoms with van der Waals surface area (Å²) in [4.78, 5) is 28.8. The first kappa shape index (κ1) is 31.0. The monoisotopic (exact) mass is 632 g/mol. The Bertz CT molecular complexity index is 1290. The van der Waals surface area contributed by atoms with Gasteiger partial charge in [0, 0.05) is 19.0 Å². The molecule has 0 saturated heterocycles. The fraction of sp³-hybridized carbons (Fsp3) is 0.355. The number of nitrogens with one attached hydrogen (secondary N) is 1. The normalized spacial score (nSPS) is 12.2. The van der Waals surface area contributed by atoms with E-state index < -0.39 is 6.04 Å². The van der Waals surface area contributed by atoms with E-state index >= 15 is 0 Å². The number of hydrogen-bond donors (Lipinski definition) is 1. The van der Waals surface area contributed by atoms with Crippen molar-refractivity contribution in [3.8, 4) is 5.75 Å². The molecule has 1 N–H and O–H groups in total. The highest BCUT2D eigenvalue weighted by atomic mass is 79.9. The Morgan fingerprint density at radius 1 is 0.949 bits per heavy atom. The van der Waals surface area contributed by atoms with Crippen LogP contribution < -0.4 is 10.1 Å². The zero-order chi connectivity index (χ0) is 28.7. The molecule has 0 radical (unpaired) electrons. The molecule has 0 heterocycles. The third-order valence-electron chi connectivity index (χ3n) is 6.19. The summed E-state index contributed by atoms with van der Waals surface area (Å²) in [5.74, 6) is -0.0113. The van der Waals surface area contributed by atoms with Gasteiger partial charge in [0.1, 0.15) is 11.8 Å². The van der Waals surface area contributed by atoms with Crippen molar-refractivity contribution in [3.63, 3.8) is 0 Å². The highest BCUT2D eigenvalue weighted by Crippen LogP contribution is 2.32. The van der Waals surface area contributed by atoms with Gasteiger partial charge in [-0.2, -0.15) is 0 Å². The van der Waals surface area contributed by atoms with Crippen LogP contribution in [-0.4, -0.2) is 35.4 Å². The molecular weight excluding hydrogens is 599 g/mol. The molecule has 0 aliphatic heterocycles. The van der Waals surface area contributed by atoms with Crippen LogP contribution in [0.1, 0.15) is 51.3 Å². The predicted octanol–water partition coefficient (Wildman–Crippen LogP) is 7.60. The van der Waals surface area contributed by atoms with Crippen LogP contribution in [0.2, 0.25) is 10.0 Å². The van der Waals surface area contributed by atoms with Gasteiger partial charge in [-0.25, -0.2) is 0 Å². The largest absolute Gasteiger partial charge is 0.483 e. The number of ether oxygens (including phenoxy) is 1. The van der Waals surface area contributed by atoms with Gasteiger partial charge in [-0.3, -0.25) is 9.59 Å². The molecule has 39 heavy (non-hydrogen) atoms. The molecular formula is C31H35BrCl2N2O3. The van der Waals surface area contributed by atoms with Crippen molar-refractivity contribution in [1.82, 2.24) is 10.2 Å². The Kier molecular flexibility index (Phi) is 10.9. The Balaban J connectivity index is 1.93. The molecule has 0 bridgehead atoms. The molecule has 0 saturated carbocycles. The van der Waals surface area contributed by atoms with E-state index in [2.05, 4.69) is 42.0 Å². The van der Waals surface area contributed by atoms with E-state index in [1.54, 1.807) is 23.1 Å². The van der Waals surface area contributed by atoms with Crippen LogP contribution in [0.15, 0.2) is 71.2 Å². The number of rotatable bonds is 10. The summed E-state index contributed by atoms with van der Waals surface area (Å²) >= 11 is 16.0. The van der Waals surface area contributed by atoms with Crippen LogP contribution >= 0.6 is 39.1 Å². The minimum absolute atomic E-state index is 0.0258. The van der Waals surface area contributed by atoms with Gasteiger partial charge in [-0.1, -0.05) is 86.4 Å². The molecule has 3 aromatic rings. The highest BCUT2D eigenvalue weighted by Gasteiger charge is 2.31. The minimum Gasteiger partial charge on any atom is -0.483 e. The molecule has 0 aliphatic rings. The van der Waals surface area contributed by atoms with Crippen molar-refractivity contribution in [2.45, 2.75) is 65.1 Å². The van der Waals surface area contributed by atoms with E-state index in [0.29, 0.717) is 22.2 Å². The molecule has 3 rings (SSSR count). The van der Waals surface area contributed by atoms with Gasteiger partial charge in [0.15, 0.2) is 6.61 Å². The van der Waals surface area contributed by atoms with Gasteiger partial charge >= 0.3 is 0 Å². The third kappa shape index (κ3) is 8.99. The molecule has 3 aromatic carbocycles. The van der Waals surface area contributed by atoms with E-state index in [1.165, 1.54) is 0 Å². The van der Waals surface area contributed by atoms with E-state index in [-0.39, 0.29) is 36.4 Å². The number of carbonyl (C=O) groups is 2. The summed E-state index contributed by atoms with van der Waals surface area (Å²) in [6, 6.07) is 19.8. The molecule has 1 atom stereocenters. The molecule has 208 valence electrons. The predicted molar refractivity (Wildman–Crippen MR) is 163 cm³/mol. The number of halogens is 3. The first-order valence-corrected chi connectivity index (χ1v) is 14.4. The number of hydrogen-bond acceptors (Lipinski definition) is 3. The van der Waals surface area contributed by atoms with Crippen LogP contribution in [0.3, 0.4) is 0 Å². The van der Waals surface area contributed by atoms with E-state index in [1.807, 2.05) is 62.4 Å². The number of benzene rings is 3. The fourth-order valence-electron chi connectivity index (χ4n) is 4.08. The summed E-state index contributed by atoms with van der Waals surface area (Å²) in [5.41, 5.74) is 2.81. The molecule has 8 heteroatoms. The SMILES string of the molecule is CC(C)NC(=O)[C@H](Cc1ccccc1)N(Cc1ccc(Cl)c(Cl)c1)C(=O)COc1ccc(C(C)(C)C)cc1Br. The molecule has 0 fully saturated rings. The Labute approximate surface area is 250 Å². The summed E-state index contributed by atoms with van der Waals surface area (Å²) in [6.45, 7) is 10.1. The van der Waals surface area contributed by atoms with Crippen LogP contribution in [0, 0.1) is 0 Å². The first-order chi connectivity index (χ1) is 18.3. The average Bonchev–Trinajstić information content (AvgIpc) is 2.86. The average molecular weight is 634 g/mol. The van der Waals surface area contributed by atoms with Crippen LogP contribution in [-0.2, 0) is 28.0 Å². The van der Waals surface area contributed by atoms with Gasteiger partial charge in [0.05, 0.1) is 14.5 Å². The lowest BCUT2D eigenvalue weighted by atomic mass is 9.87. The third-order valence-corrected chi connectivity index (χ3v) is 7.55. The minimum atomic E-state index is -0.771. The molecule has 0 aromatic heterocycles. The van der Waals surface area contributed by atoms with Crippen molar-refractivity contribution in [1.29, 1.82) is 0 Å². The van der Waals surface area contributed by atoms with Crippen molar-refractivity contribution in [2.24, 2.45) is 0 Å². The second kappa shape index (κ2) is 13.7. The smallest absolute Gasteiger partial charge is 0.261 e. The second-order valence-corrected chi connectivity index (χ2v) is 12.5. The van der Waals surface area contributed by atoms with E-state index in [0.717, 1.165) is 21.2 Å². The maximum absolute atomic E-state index is 13.8. The van der Waals surface area contributed by atoms with Gasteiger partial charge in [-0.15, -0.1) is 0 Å². The summed E-state index contributed by atoms with van der Waals surface area (Å²) in [5, 5.41) is 3.78. The van der Waals surface area contributed by atoms with E-state index in [9.17, 15) is 9.59 Å². The number of amides is 2. The van der Waals surface area contributed by atoms with Crippen molar-refractivity contribution >= 4 is 50.9 Å². The lowest BCUT2D eigenvalue weighted by Gasteiger charge is -2.32. The standard InChI is InChI=1S/C31H35BrCl2N2O3/c1-20(2)35-30(38)27(16-21-9-7-6-8-10-21)36(18-22-11-13-25(33)26(34)15-22)29(37)19-39-28-14-12-23(17-24(28)32)31(3,4)5/h6-15,17,20,27H,16,18-19H2,1-5H3,(H,35,38)/t27-/m0/s1. The van der Waals surface area contributed by atoms with Gasteiger partial charge < -0.3 is 15.0 Å². The van der Waals surface area contributed by atoms with Crippen LogP contribution in [0.5, 0.6) is 5.75 Å². The van der Waals surface area contributed by atoms with Crippen LogP contribution in [0.25, 0.3) is 0 Å². The number of carbonyl (C=O) groups excluding carboxylic acids is 2. The Morgan fingerprint density at radius 2 is 1.64 bits per heavy atom. The zero-order valence-corrected chi connectivity index (χ0v) is 26.0. The molecule has 2 amide bonds. The Morgan fingerprint density at radius 3 is 2.23 bits per heavy atom. The van der Waals surface area contributed by atoms with Gasteiger partial charge in [0.2, 0.25) is 5.91 Å². The Hall–Kier alpha value is -2.54. The van der Waals surface area contributed by atoms with Crippen LogP contribution in [0.4, 0.5) is 0 Å². The van der Waals surface area contributed by atoms with Crippen molar-refractivity contribution < 1.29 is 14.3 Å². The topological polar surface area (TPSA) is 58.6 Å². The lowest BCUT2D eigenvalue weighted by molar-refractivity contribution is -0.143. The fourth-order valence-corrected chi connectivity index (χ4v) is 4.89. The maximum atomic E-state index is 13.8. The van der Waals surface area contributed by atoms with E-state index in [4.69, 9.17) is 27.9 Å². The zero-order valence-electron chi connectivity index (χ0n) is 22.9. The maximum Gasteiger partial charge on any atom is 0.261 e. The van der Waals surface area contributed by atoms with Gasteiger partial charge in [-0.05, 0) is 76.1 Å². The van der Waals surface area contributed by atoms with Gasteiger partial charge in [0.25, 0.3) is 5.91 Å². The molecule has 0 spiro atoms. The highest BCUT2D eigenvalue weighted by molar-refractivity contribution is 9.10. The first-order valence-electron chi connectivity index (χ1n) is 12.9.